The molecule has 2 aromatic heterocycles. The Morgan fingerprint density at radius 1 is 1.38 bits per heavy atom. The van der Waals surface area contributed by atoms with E-state index < -0.39 is 0 Å². The van der Waals surface area contributed by atoms with E-state index in [1.165, 1.54) is 0 Å². The van der Waals surface area contributed by atoms with Gasteiger partial charge in [0, 0.05) is 39.0 Å². The van der Waals surface area contributed by atoms with Gasteiger partial charge in [-0.15, -0.1) is 0 Å². The third kappa shape index (κ3) is 3.36. The topological polar surface area (TPSA) is 65.2 Å². The van der Waals surface area contributed by atoms with E-state index in [0.717, 1.165) is 29.2 Å². The number of hydrogen-bond donors (Lipinski definition) is 0. The van der Waals surface area contributed by atoms with E-state index in [2.05, 4.69) is 10.1 Å². The summed E-state index contributed by atoms with van der Waals surface area (Å²) in [6.45, 7) is 5.75. The predicted octanol–water partition coefficient (Wildman–Crippen LogP) is 1.30. The molecule has 0 bridgehead atoms. The third-order valence-corrected chi connectivity index (χ3v) is 4.69. The molecular formula is C17H25N5O2. The van der Waals surface area contributed by atoms with Crippen molar-refractivity contribution < 1.29 is 9.53 Å². The van der Waals surface area contributed by atoms with Crippen LogP contribution in [0.3, 0.4) is 0 Å². The maximum atomic E-state index is 12.6. The van der Waals surface area contributed by atoms with Crippen LogP contribution in [0.15, 0.2) is 12.4 Å². The van der Waals surface area contributed by atoms with Crippen molar-refractivity contribution in [2.75, 3.05) is 19.7 Å². The number of amides is 1. The normalized spacial score (nSPS) is 18.2. The summed E-state index contributed by atoms with van der Waals surface area (Å²) in [5.74, 6) is 1.05. The van der Waals surface area contributed by atoms with E-state index in [1.807, 2.05) is 54.5 Å². The molecule has 0 aliphatic carbocycles. The van der Waals surface area contributed by atoms with Crippen molar-refractivity contribution in [1.29, 1.82) is 0 Å². The molecule has 0 saturated carbocycles. The SMILES string of the molecule is Cc1cn(C)c([C@@H]2CN(C(=O)CCc3cnn(C)c3C)CCO2)n1. The van der Waals surface area contributed by atoms with Gasteiger partial charge in [-0.3, -0.25) is 9.48 Å². The maximum absolute atomic E-state index is 12.6. The smallest absolute Gasteiger partial charge is 0.223 e. The molecule has 7 nitrogen and oxygen atoms in total. The lowest BCUT2D eigenvalue weighted by atomic mass is 10.1. The highest BCUT2D eigenvalue weighted by molar-refractivity contribution is 5.76. The van der Waals surface area contributed by atoms with Crippen molar-refractivity contribution >= 4 is 5.91 Å². The fourth-order valence-electron chi connectivity index (χ4n) is 3.16. The second-order valence-corrected chi connectivity index (χ2v) is 6.43. The van der Waals surface area contributed by atoms with Gasteiger partial charge in [-0.05, 0) is 25.8 Å². The second kappa shape index (κ2) is 6.76. The summed E-state index contributed by atoms with van der Waals surface area (Å²) in [5.41, 5.74) is 3.22. The molecular weight excluding hydrogens is 306 g/mol. The van der Waals surface area contributed by atoms with Crippen molar-refractivity contribution in [2.45, 2.75) is 32.8 Å². The zero-order valence-corrected chi connectivity index (χ0v) is 14.8. The van der Waals surface area contributed by atoms with E-state index >= 15 is 0 Å². The Kier molecular flexibility index (Phi) is 4.71. The average molecular weight is 331 g/mol. The van der Waals surface area contributed by atoms with Crippen LogP contribution in [0.1, 0.15) is 35.3 Å². The Morgan fingerprint density at radius 3 is 2.79 bits per heavy atom. The summed E-state index contributed by atoms with van der Waals surface area (Å²) in [6, 6.07) is 0. The summed E-state index contributed by atoms with van der Waals surface area (Å²) < 4.78 is 9.65. The maximum Gasteiger partial charge on any atom is 0.223 e. The molecule has 1 fully saturated rings. The first-order valence-corrected chi connectivity index (χ1v) is 8.32. The summed E-state index contributed by atoms with van der Waals surface area (Å²) in [5, 5.41) is 4.23. The number of hydrogen-bond acceptors (Lipinski definition) is 4. The first kappa shape index (κ1) is 16.7. The largest absolute Gasteiger partial charge is 0.367 e. The van der Waals surface area contributed by atoms with Gasteiger partial charge in [-0.25, -0.2) is 4.98 Å². The van der Waals surface area contributed by atoms with Crippen LogP contribution in [0.25, 0.3) is 0 Å². The summed E-state index contributed by atoms with van der Waals surface area (Å²) in [4.78, 5) is 19.0. The van der Waals surface area contributed by atoms with Gasteiger partial charge in [-0.1, -0.05) is 0 Å². The summed E-state index contributed by atoms with van der Waals surface area (Å²) in [7, 11) is 3.88. The van der Waals surface area contributed by atoms with Gasteiger partial charge in [0.05, 0.1) is 25.0 Å². The fourth-order valence-corrected chi connectivity index (χ4v) is 3.16. The Labute approximate surface area is 142 Å². The first-order valence-electron chi connectivity index (χ1n) is 8.32. The van der Waals surface area contributed by atoms with Crippen LogP contribution in [0.2, 0.25) is 0 Å². The molecule has 7 heteroatoms. The third-order valence-electron chi connectivity index (χ3n) is 4.69. The first-order chi connectivity index (χ1) is 11.5. The molecule has 1 saturated heterocycles. The van der Waals surface area contributed by atoms with Gasteiger partial charge in [0.25, 0.3) is 0 Å². The number of aromatic nitrogens is 4. The standard InChI is InChI=1S/C17H25N5O2/c1-12-10-20(3)17(19-12)15-11-22(7-8-24-15)16(23)6-5-14-9-18-21(4)13(14)2/h9-10,15H,5-8,11H2,1-4H3/t15-/m0/s1. The lowest BCUT2D eigenvalue weighted by Gasteiger charge is -2.32. The number of nitrogens with zero attached hydrogens (tertiary/aromatic N) is 5. The van der Waals surface area contributed by atoms with E-state index in [-0.39, 0.29) is 12.0 Å². The van der Waals surface area contributed by atoms with Crippen LogP contribution in [0, 0.1) is 13.8 Å². The minimum atomic E-state index is -0.151. The second-order valence-electron chi connectivity index (χ2n) is 6.43. The molecule has 0 unspecified atom stereocenters. The quantitative estimate of drug-likeness (QED) is 0.847. The lowest BCUT2D eigenvalue weighted by molar-refractivity contribution is -0.139. The highest BCUT2D eigenvalue weighted by atomic mass is 16.5. The van der Waals surface area contributed by atoms with Crippen LogP contribution >= 0.6 is 0 Å². The zero-order chi connectivity index (χ0) is 17.3. The van der Waals surface area contributed by atoms with Gasteiger partial charge in [0.2, 0.25) is 5.91 Å². The zero-order valence-electron chi connectivity index (χ0n) is 14.8. The Hall–Kier alpha value is -2.15. The molecule has 1 aliphatic rings. The molecule has 1 aliphatic heterocycles. The van der Waals surface area contributed by atoms with Crippen molar-refractivity contribution in [3.8, 4) is 0 Å². The van der Waals surface area contributed by atoms with E-state index in [0.29, 0.717) is 26.1 Å². The molecule has 3 heterocycles. The van der Waals surface area contributed by atoms with E-state index in [4.69, 9.17) is 4.74 Å². The average Bonchev–Trinajstić information content (AvgIpc) is 3.07. The van der Waals surface area contributed by atoms with Crippen LogP contribution < -0.4 is 0 Å². The Balaban J connectivity index is 1.61. The molecule has 2 aromatic rings. The van der Waals surface area contributed by atoms with Crippen LogP contribution in [0.4, 0.5) is 0 Å². The molecule has 130 valence electrons. The molecule has 0 N–H and O–H groups in total. The van der Waals surface area contributed by atoms with Gasteiger partial charge < -0.3 is 14.2 Å². The number of imidazole rings is 1. The minimum Gasteiger partial charge on any atom is -0.367 e. The minimum absolute atomic E-state index is 0.151. The number of aryl methyl sites for hydroxylation is 4. The van der Waals surface area contributed by atoms with Crippen LogP contribution in [0.5, 0.6) is 0 Å². The van der Waals surface area contributed by atoms with Gasteiger partial charge in [0.1, 0.15) is 11.9 Å². The molecule has 3 rings (SSSR count). The van der Waals surface area contributed by atoms with Crippen LogP contribution in [-0.2, 0) is 30.0 Å². The molecule has 1 amide bonds. The summed E-state index contributed by atoms with van der Waals surface area (Å²) in [6.07, 6.45) is 4.90. The molecule has 0 radical (unpaired) electrons. The van der Waals surface area contributed by atoms with Gasteiger partial charge in [-0.2, -0.15) is 5.10 Å². The van der Waals surface area contributed by atoms with Crippen molar-refractivity contribution in [1.82, 2.24) is 24.2 Å². The molecule has 24 heavy (non-hydrogen) atoms. The summed E-state index contributed by atoms with van der Waals surface area (Å²) >= 11 is 0. The molecule has 0 aromatic carbocycles. The number of ether oxygens (including phenoxy) is 1. The number of morpholine rings is 1. The number of rotatable bonds is 4. The van der Waals surface area contributed by atoms with Gasteiger partial charge >= 0.3 is 0 Å². The number of carbonyl (C=O) groups is 1. The molecule has 1 atom stereocenters. The fraction of sp³-hybridized carbons (Fsp3) is 0.588. The van der Waals surface area contributed by atoms with E-state index in [9.17, 15) is 4.79 Å². The predicted molar refractivity (Wildman–Crippen MR) is 89.5 cm³/mol. The Bertz CT molecular complexity index is 733. The van der Waals surface area contributed by atoms with E-state index in [1.54, 1.807) is 0 Å². The van der Waals surface area contributed by atoms with Crippen molar-refractivity contribution in [3.05, 3.63) is 35.2 Å². The van der Waals surface area contributed by atoms with Crippen molar-refractivity contribution in [2.24, 2.45) is 14.1 Å². The van der Waals surface area contributed by atoms with Crippen molar-refractivity contribution in [3.63, 3.8) is 0 Å². The monoisotopic (exact) mass is 331 g/mol. The molecule has 0 spiro atoms. The van der Waals surface area contributed by atoms with Crippen LogP contribution in [-0.4, -0.2) is 49.8 Å². The number of carbonyl (C=O) groups excluding carboxylic acids is 1. The highest BCUT2D eigenvalue weighted by Crippen LogP contribution is 2.22. The highest BCUT2D eigenvalue weighted by Gasteiger charge is 2.28. The lowest BCUT2D eigenvalue weighted by Crippen LogP contribution is -2.43. The Morgan fingerprint density at radius 2 is 2.17 bits per heavy atom. The van der Waals surface area contributed by atoms with Gasteiger partial charge in [0.15, 0.2) is 0 Å².